The molecule has 0 bridgehead atoms. The maximum Gasteiger partial charge on any atom is 0.417 e. The van der Waals surface area contributed by atoms with E-state index >= 15 is 0 Å². The van der Waals surface area contributed by atoms with Crippen molar-refractivity contribution in [2.45, 2.75) is 50.0 Å². The van der Waals surface area contributed by atoms with E-state index in [-0.39, 0.29) is 25.6 Å². The number of fused-ring (bicyclic) bond motifs is 3. The zero-order valence-corrected chi connectivity index (χ0v) is 17.6. The van der Waals surface area contributed by atoms with Crippen molar-refractivity contribution in [3.8, 4) is 0 Å². The maximum atomic E-state index is 13.5. The molecular weight excluding hydrogens is 447 g/mol. The molecule has 4 heterocycles. The fraction of sp³-hybridized carbons (Fsp3) is 0.400. The summed E-state index contributed by atoms with van der Waals surface area (Å²) in [5, 5.41) is 18.3. The average molecular weight is 467 g/mol. The van der Waals surface area contributed by atoms with E-state index in [9.17, 15) is 27.9 Å². The van der Waals surface area contributed by atoms with Crippen molar-refractivity contribution >= 4 is 39.0 Å². The van der Waals surface area contributed by atoms with Crippen LogP contribution in [0.4, 0.5) is 24.7 Å². The molecule has 170 valence electrons. The molecule has 1 saturated carbocycles. The molecule has 1 amide bonds. The van der Waals surface area contributed by atoms with Crippen LogP contribution >= 0.6 is 11.3 Å². The van der Waals surface area contributed by atoms with Gasteiger partial charge in [0.05, 0.1) is 5.39 Å². The molecular formula is C20H20F3N5O3S. The molecule has 32 heavy (non-hydrogen) atoms. The number of rotatable bonds is 2. The van der Waals surface area contributed by atoms with Gasteiger partial charge in [0, 0.05) is 1.43 Å². The molecule has 5 rings (SSSR count). The SMILES string of the molecule is Cc1cc(Nc2ncnc3sccc23)c(=O)n2c1C(=O)NC21CCC(O)(C(F)(F)F)CC1.[HH]. The topological polar surface area (TPSA) is 109 Å². The standard InChI is InChI=1S/C20H18F3N5O3S.H2/c1-10-8-12(26-14-11-2-7-32-16(11)25-9-24-14)17(30)28-13(10)15(29)27-19(28)5-3-18(31,4-6-19)20(21,22)23;/h2,7-9,31H,3-6H2,1H3,(H,27,29)(H,24,25,26);1H. The van der Waals surface area contributed by atoms with Crippen LogP contribution in [0.15, 0.2) is 28.6 Å². The van der Waals surface area contributed by atoms with Gasteiger partial charge in [-0.3, -0.25) is 14.2 Å². The van der Waals surface area contributed by atoms with Crippen molar-refractivity contribution in [2.24, 2.45) is 0 Å². The Morgan fingerprint density at radius 3 is 2.66 bits per heavy atom. The zero-order valence-electron chi connectivity index (χ0n) is 16.8. The van der Waals surface area contributed by atoms with E-state index in [1.807, 2.05) is 11.4 Å². The molecule has 3 aromatic rings. The Bertz CT molecular complexity index is 1310. The summed E-state index contributed by atoms with van der Waals surface area (Å²) in [6, 6.07) is 3.34. The average Bonchev–Trinajstić information content (AvgIpc) is 3.31. The molecule has 0 saturated heterocycles. The number of thiophene rings is 1. The Morgan fingerprint density at radius 2 is 1.97 bits per heavy atom. The number of carbonyl (C=O) groups is 1. The van der Waals surface area contributed by atoms with Crippen LogP contribution in [0.25, 0.3) is 10.2 Å². The minimum absolute atomic E-state index is 0. The maximum absolute atomic E-state index is 13.5. The molecule has 1 fully saturated rings. The van der Waals surface area contributed by atoms with Crippen molar-refractivity contribution < 1.29 is 24.5 Å². The molecule has 2 aliphatic rings. The van der Waals surface area contributed by atoms with Gasteiger partial charge in [0.2, 0.25) is 0 Å². The summed E-state index contributed by atoms with van der Waals surface area (Å²) in [4.78, 5) is 35.2. The van der Waals surface area contributed by atoms with Crippen molar-refractivity contribution in [1.82, 2.24) is 19.9 Å². The quantitative estimate of drug-likeness (QED) is 0.533. The molecule has 3 N–H and O–H groups in total. The van der Waals surface area contributed by atoms with E-state index in [4.69, 9.17) is 0 Å². The van der Waals surface area contributed by atoms with Crippen LogP contribution in [0.5, 0.6) is 0 Å². The molecule has 0 aromatic carbocycles. The summed E-state index contributed by atoms with van der Waals surface area (Å²) in [5.41, 5.74) is -3.97. The molecule has 0 unspecified atom stereocenters. The third-order valence-electron chi connectivity index (χ3n) is 6.33. The van der Waals surface area contributed by atoms with Gasteiger partial charge in [-0.05, 0) is 55.7 Å². The fourth-order valence-corrected chi connectivity index (χ4v) is 5.31. The van der Waals surface area contributed by atoms with Gasteiger partial charge in [-0.25, -0.2) is 9.97 Å². The largest absolute Gasteiger partial charge is 0.417 e. The molecule has 1 aliphatic heterocycles. The van der Waals surface area contributed by atoms with Gasteiger partial charge < -0.3 is 15.7 Å². The van der Waals surface area contributed by atoms with Gasteiger partial charge in [-0.1, -0.05) is 0 Å². The molecule has 0 radical (unpaired) electrons. The van der Waals surface area contributed by atoms with Gasteiger partial charge in [-0.2, -0.15) is 13.2 Å². The highest BCUT2D eigenvalue weighted by Gasteiger charge is 2.59. The zero-order chi connectivity index (χ0) is 22.9. The Hall–Kier alpha value is -2.99. The molecule has 8 nitrogen and oxygen atoms in total. The number of pyridine rings is 1. The monoisotopic (exact) mass is 467 g/mol. The first-order chi connectivity index (χ1) is 15.0. The lowest BCUT2D eigenvalue weighted by Crippen LogP contribution is -2.57. The molecule has 1 spiro atoms. The van der Waals surface area contributed by atoms with E-state index < -0.39 is 41.7 Å². The molecule has 3 aromatic heterocycles. The second kappa shape index (κ2) is 6.75. The van der Waals surface area contributed by atoms with E-state index in [1.165, 1.54) is 28.3 Å². The van der Waals surface area contributed by atoms with Crippen molar-refractivity contribution in [1.29, 1.82) is 0 Å². The number of halogens is 3. The Kier molecular flexibility index (Phi) is 4.41. The number of hydrogen-bond acceptors (Lipinski definition) is 7. The van der Waals surface area contributed by atoms with Crippen LogP contribution in [-0.4, -0.2) is 37.3 Å². The van der Waals surface area contributed by atoms with Crippen LogP contribution < -0.4 is 16.2 Å². The van der Waals surface area contributed by atoms with E-state index in [0.717, 1.165) is 10.2 Å². The number of amides is 1. The first-order valence-corrected chi connectivity index (χ1v) is 10.8. The van der Waals surface area contributed by atoms with Crippen molar-refractivity contribution in [3.63, 3.8) is 0 Å². The second-order valence-electron chi connectivity index (χ2n) is 8.23. The highest BCUT2D eigenvalue weighted by atomic mass is 32.1. The predicted octanol–water partition coefficient (Wildman–Crippen LogP) is 3.41. The van der Waals surface area contributed by atoms with Crippen LogP contribution in [0.3, 0.4) is 0 Å². The van der Waals surface area contributed by atoms with Gasteiger partial charge in [0.1, 0.15) is 34.0 Å². The lowest BCUT2D eigenvalue weighted by molar-refractivity contribution is -0.275. The number of alkyl halides is 3. The lowest BCUT2D eigenvalue weighted by Gasteiger charge is -2.43. The summed E-state index contributed by atoms with van der Waals surface area (Å²) >= 11 is 1.41. The number of aliphatic hydroxyl groups is 1. The molecule has 12 heteroatoms. The number of aromatic nitrogens is 3. The highest BCUT2D eigenvalue weighted by Crippen LogP contribution is 2.47. The van der Waals surface area contributed by atoms with E-state index in [0.29, 0.717) is 11.4 Å². The lowest BCUT2D eigenvalue weighted by atomic mass is 9.78. The van der Waals surface area contributed by atoms with Crippen molar-refractivity contribution in [2.75, 3.05) is 5.32 Å². The summed E-state index contributed by atoms with van der Waals surface area (Å²) in [6.07, 6.45) is -5.13. The Labute approximate surface area is 184 Å². The van der Waals surface area contributed by atoms with Gasteiger partial charge in [0.15, 0.2) is 5.60 Å². The number of nitrogens with zero attached hydrogens (tertiary/aromatic N) is 3. The third kappa shape index (κ3) is 2.93. The van der Waals surface area contributed by atoms with E-state index in [1.54, 1.807) is 6.92 Å². The Morgan fingerprint density at radius 1 is 1.25 bits per heavy atom. The van der Waals surface area contributed by atoms with E-state index in [2.05, 4.69) is 20.6 Å². The predicted molar refractivity (Wildman–Crippen MR) is 113 cm³/mol. The first-order valence-electron chi connectivity index (χ1n) is 9.89. The summed E-state index contributed by atoms with van der Waals surface area (Å²) in [7, 11) is 0. The molecule has 0 atom stereocenters. The number of carbonyl (C=O) groups excluding carboxylic acids is 1. The van der Waals surface area contributed by atoms with Gasteiger partial charge >= 0.3 is 6.18 Å². The van der Waals surface area contributed by atoms with Gasteiger partial charge in [0.25, 0.3) is 11.5 Å². The minimum Gasteiger partial charge on any atom is -0.380 e. The Balaban J connectivity index is 0.00000259. The summed E-state index contributed by atoms with van der Waals surface area (Å²) in [6.45, 7) is 1.66. The normalized spacial score (nSPS) is 25.2. The van der Waals surface area contributed by atoms with Crippen LogP contribution in [-0.2, 0) is 5.66 Å². The van der Waals surface area contributed by atoms with Gasteiger partial charge in [-0.15, -0.1) is 11.3 Å². The second-order valence-corrected chi connectivity index (χ2v) is 9.13. The smallest absolute Gasteiger partial charge is 0.380 e. The number of aryl methyl sites for hydroxylation is 1. The number of nitrogens with one attached hydrogen (secondary N) is 2. The summed E-state index contributed by atoms with van der Waals surface area (Å²) < 4.78 is 41.1. The van der Waals surface area contributed by atoms with Crippen molar-refractivity contribution in [3.05, 3.63) is 45.5 Å². The third-order valence-corrected chi connectivity index (χ3v) is 7.15. The molecule has 1 aliphatic carbocycles. The van der Waals surface area contributed by atoms with Crippen LogP contribution in [0.2, 0.25) is 0 Å². The number of hydrogen-bond donors (Lipinski definition) is 3. The van der Waals surface area contributed by atoms with Crippen LogP contribution in [0, 0.1) is 6.92 Å². The summed E-state index contributed by atoms with van der Waals surface area (Å²) in [5.74, 6) is -0.111. The minimum atomic E-state index is -4.79. The fourth-order valence-electron chi connectivity index (χ4n) is 4.58. The first kappa shape index (κ1) is 20.9. The number of anilines is 2. The van der Waals surface area contributed by atoms with Crippen LogP contribution in [0.1, 0.15) is 43.2 Å². The highest BCUT2D eigenvalue weighted by molar-refractivity contribution is 7.16.